The number of hydrogen-bond acceptors (Lipinski definition) is 7. The van der Waals surface area contributed by atoms with Gasteiger partial charge in [-0.15, -0.1) is 0 Å². The molecule has 2 N–H and O–H groups in total. The molecule has 0 radical (unpaired) electrons. The second-order valence-electron chi connectivity index (χ2n) is 11.7. The van der Waals surface area contributed by atoms with E-state index in [4.69, 9.17) is 21.3 Å². The van der Waals surface area contributed by atoms with Gasteiger partial charge in [-0.1, -0.05) is 29.8 Å². The minimum absolute atomic E-state index is 0.127. The van der Waals surface area contributed by atoms with E-state index in [0.29, 0.717) is 29.4 Å². The number of ether oxygens (including phenoxy) is 1. The Balaban J connectivity index is 1.71. The van der Waals surface area contributed by atoms with E-state index in [1.54, 1.807) is 41.0 Å². The minimum atomic E-state index is -1.25. The van der Waals surface area contributed by atoms with Crippen molar-refractivity contribution in [2.75, 3.05) is 19.6 Å². The topological polar surface area (TPSA) is 146 Å². The number of nitrogens with one attached hydrogen (secondary N) is 1. The molecule has 3 aromatic rings. The third-order valence-corrected chi connectivity index (χ3v) is 7.35. The summed E-state index contributed by atoms with van der Waals surface area (Å²) in [5, 5.41) is 17.1. The zero-order chi connectivity index (χ0) is 31.8. The van der Waals surface area contributed by atoms with Gasteiger partial charge in [0.25, 0.3) is 0 Å². The summed E-state index contributed by atoms with van der Waals surface area (Å²) in [7, 11) is 1.79. The summed E-state index contributed by atoms with van der Waals surface area (Å²) in [5.41, 5.74) is 1.19. The summed E-state index contributed by atoms with van der Waals surface area (Å²) >= 11 is 6.23. The molecule has 1 saturated heterocycles. The average Bonchev–Trinajstić information content (AvgIpc) is 3.55. The molecule has 0 saturated carbocycles. The fourth-order valence-corrected chi connectivity index (χ4v) is 5.37. The van der Waals surface area contributed by atoms with Crippen LogP contribution in [0, 0.1) is 0 Å². The Labute approximate surface area is 259 Å². The normalized spacial score (nSPS) is 18.6. The van der Waals surface area contributed by atoms with E-state index in [-0.39, 0.29) is 29.6 Å². The van der Waals surface area contributed by atoms with Crippen molar-refractivity contribution in [2.24, 2.45) is 12.0 Å². The van der Waals surface area contributed by atoms with Crippen molar-refractivity contribution in [1.29, 1.82) is 0 Å². The fourth-order valence-electron chi connectivity index (χ4n) is 5.24. The van der Waals surface area contributed by atoms with Gasteiger partial charge in [0.1, 0.15) is 36.2 Å². The summed E-state index contributed by atoms with van der Waals surface area (Å²) in [4.78, 5) is 58.8. The van der Waals surface area contributed by atoms with Gasteiger partial charge in [-0.05, 0) is 56.7 Å². The highest BCUT2D eigenvalue weighted by Gasteiger charge is 2.46. The quantitative estimate of drug-likeness (QED) is 0.300. The molecule has 0 bridgehead atoms. The number of hydrogen-bond donors (Lipinski definition) is 2. The van der Waals surface area contributed by atoms with E-state index in [9.17, 15) is 24.3 Å². The molecule has 44 heavy (non-hydrogen) atoms. The monoisotopic (exact) mass is 620 g/mol. The predicted molar refractivity (Wildman–Crippen MR) is 162 cm³/mol. The molecule has 2 atom stereocenters. The average molecular weight is 621 g/mol. The SMILES string of the molecule is Cn1ccc([C@@H]2N=C(c3ccc(C(=O)CC(=O)O)cc3OC(C)(C)C)N(C(=O)N3CCNC(=O)C3)[C@@H]2c2ccc(Cl)cc2)n1. The third kappa shape index (κ3) is 6.60. The molecule has 1 fully saturated rings. The van der Waals surface area contributed by atoms with E-state index in [0.717, 1.165) is 5.56 Å². The van der Waals surface area contributed by atoms with Crippen molar-refractivity contribution >= 4 is 41.1 Å². The van der Waals surface area contributed by atoms with E-state index in [2.05, 4.69) is 10.4 Å². The number of aromatic nitrogens is 2. The van der Waals surface area contributed by atoms with E-state index >= 15 is 0 Å². The van der Waals surface area contributed by atoms with E-state index in [1.165, 1.54) is 17.0 Å². The van der Waals surface area contributed by atoms with Crippen LogP contribution in [0.4, 0.5) is 4.79 Å². The summed E-state index contributed by atoms with van der Waals surface area (Å²) < 4.78 is 7.95. The first-order chi connectivity index (χ1) is 20.8. The summed E-state index contributed by atoms with van der Waals surface area (Å²) in [6.45, 7) is 5.98. The summed E-state index contributed by atoms with van der Waals surface area (Å²) in [6, 6.07) is 11.8. The van der Waals surface area contributed by atoms with Gasteiger partial charge in [0.05, 0.1) is 17.3 Å². The van der Waals surface area contributed by atoms with E-state index < -0.39 is 41.9 Å². The van der Waals surface area contributed by atoms with Gasteiger partial charge in [0.2, 0.25) is 5.91 Å². The maximum Gasteiger partial charge on any atom is 0.326 e. The van der Waals surface area contributed by atoms with Crippen molar-refractivity contribution < 1.29 is 29.0 Å². The first kappa shape index (κ1) is 30.7. The summed E-state index contributed by atoms with van der Waals surface area (Å²) in [5.74, 6) is -1.60. The maximum atomic E-state index is 14.4. The lowest BCUT2D eigenvalue weighted by Crippen LogP contribution is -2.55. The first-order valence-corrected chi connectivity index (χ1v) is 14.4. The van der Waals surface area contributed by atoms with Gasteiger partial charge in [-0.25, -0.2) is 4.79 Å². The van der Waals surface area contributed by atoms with Crippen molar-refractivity contribution in [3.63, 3.8) is 0 Å². The van der Waals surface area contributed by atoms with Crippen LogP contribution >= 0.6 is 11.6 Å². The van der Waals surface area contributed by atoms with Gasteiger partial charge < -0.3 is 20.1 Å². The highest BCUT2D eigenvalue weighted by Crippen LogP contribution is 2.45. The molecule has 12 nitrogen and oxygen atoms in total. The molecule has 0 spiro atoms. The van der Waals surface area contributed by atoms with Crippen LogP contribution in [0.3, 0.4) is 0 Å². The number of Topliss-reactive ketones (excluding diaryl/α,β-unsaturated/α-hetero) is 1. The number of carboxylic acids is 1. The highest BCUT2D eigenvalue weighted by molar-refractivity contribution is 6.30. The smallest absolute Gasteiger partial charge is 0.326 e. The molecular weight excluding hydrogens is 588 g/mol. The Kier molecular flexibility index (Phi) is 8.46. The molecule has 230 valence electrons. The number of carbonyl (C=O) groups excluding carboxylic acids is 3. The molecule has 2 aliphatic rings. The van der Waals surface area contributed by atoms with Crippen LogP contribution in [0.1, 0.15) is 66.5 Å². The van der Waals surface area contributed by atoms with Gasteiger partial charge >= 0.3 is 12.0 Å². The lowest BCUT2D eigenvalue weighted by molar-refractivity contribution is -0.136. The lowest BCUT2D eigenvalue weighted by Gasteiger charge is -2.35. The zero-order valence-corrected chi connectivity index (χ0v) is 25.5. The Morgan fingerprint density at radius 1 is 1.11 bits per heavy atom. The zero-order valence-electron chi connectivity index (χ0n) is 24.8. The predicted octanol–water partition coefficient (Wildman–Crippen LogP) is 4.00. The number of amidine groups is 1. The van der Waals surface area contributed by atoms with Crippen molar-refractivity contribution in [1.82, 2.24) is 24.9 Å². The van der Waals surface area contributed by atoms with Gasteiger partial charge in [0, 0.05) is 36.9 Å². The number of piperazine rings is 1. The second kappa shape index (κ2) is 12.1. The second-order valence-corrected chi connectivity index (χ2v) is 12.1. The maximum absolute atomic E-state index is 14.4. The number of ketones is 1. The molecule has 3 amide bonds. The number of carboxylic acid groups (broad SMARTS) is 1. The van der Waals surface area contributed by atoms with Gasteiger partial charge in [0.15, 0.2) is 5.78 Å². The van der Waals surface area contributed by atoms with E-state index in [1.807, 2.05) is 39.0 Å². The Morgan fingerprint density at radius 2 is 1.84 bits per heavy atom. The first-order valence-electron chi connectivity index (χ1n) is 14.1. The standard InChI is InChI=1S/C31H33ClN6O6/c1-31(2,3)44-24-15-19(23(39)16-26(41)42)7-10-21(24)29-34-27(22-11-13-36(4)35-22)28(18-5-8-20(32)9-6-18)38(29)30(43)37-14-12-33-25(40)17-37/h5-11,13,15,27-28H,12,14,16-17H2,1-4H3,(H,33,40)(H,41,42)/t27-,28+/m0/s1. The molecule has 1 aromatic heterocycles. The largest absolute Gasteiger partial charge is 0.487 e. The number of rotatable bonds is 7. The molecule has 13 heteroatoms. The highest BCUT2D eigenvalue weighted by atomic mass is 35.5. The number of aryl methyl sites for hydroxylation is 1. The Morgan fingerprint density at radius 3 is 2.45 bits per heavy atom. The van der Waals surface area contributed by atoms with Crippen LogP contribution in [0.25, 0.3) is 0 Å². The Hall–Kier alpha value is -4.71. The number of halogens is 1. The van der Waals surface area contributed by atoms with Crippen LogP contribution in [0.2, 0.25) is 5.02 Å². The number of aliphatic imine (C=N–C) groups is 1. The Bertz CT molecular complexity index is 1640. The van der Waals surface area contributed by atoms with Crippen molar-refractivity contribution in [3.05, 3.63) is 82.1 Å². The minimum Gasteiger partial charge on any atom is -0.487 e. The lowest BCUT2D eigenvalue weighted by atomic mass is 9.97. The van der Waals surface area contributed by atoms with Crippen LogP contribution < -0.4 is 10.1 Å². The molecular formula is C31H33ClN6O6. The molecule has 0 unspecified atom stereocenters. The van der Waals surface area contributed by atoms with Gasteiger partial charge in [-0.2, -0.15) is 5.10 Å². The van der Waals surface area contributed by atoms with Crippen molar-refractivity contribution in [3.8, 4) is 5.75 Å². The number of carbonyl (C=O) groups is 4. The molecule has 0 aliphatic carbocycles. The molecule has 2 aromatic carbocycles. The van der Waals surface area contributed by atoms with Crippen LogP contribution in [-0.4, -0.2) is 79.4 Å². The molecule has 3 heterocycles. The number of benzene rings is 2. The molecule has 2 aliphatic heterocycles. The number of aliphatic carboxylic acids is 1. The fraction of sp³-hybridized carbons (Fsp3) is 0.355. The van der Waals surface area contributed by atoms with Crippen LogP contribution in [0.15, 0.2) is 59.7 Å². The number of nitrogens with zero attached hydrogens (tertiary/aromatic N) is 5. The summed E-state index contributed by atoms with van der Waals surface area (Å²) in [6.07, 6.45) is 1.11. The molecule has 5 rings (SSSR count). The van der Waals surface area contributed by atoms with Crippen LogP contribution in [0.5, 0.6) is 5.75 Å². The van der Waals surface area contributed by atoms with Crippen LogP contribution in [-0.2, 0) is 16.6 Å². The number of urea groups is 1. The van der Waals surface area contributed by atoms with Gasteiger partial charge in [-0.3, -0.25) is 29.0 Å². The third-order valence-electron chi connectivity index (χ3n) is 7.10. The van der Waals surface area contributed by atoms with Crippen molar-refractivity contribution in [2.45, 2.75) is 44.9 Å². The number of amides is 3.